The van der Waals surface area contributed by atoms with Crippen molar-refractivity contribution in [1.82, 2.24) is 5.32 Å². The molecule has 0 saturated heterocycles. The van der Waals surface area contributed by atoms with Crippen molar-refractivity contribution in [2.75, 3.05) is 14.2 Å². The summed E-state index contributed by atoms with van der Waals surface area (Å²) in [4.78, 5) is 0. The van der Waals surface area contributed by atoms with Gasteiger partial charge >= 0.3 is 0 Å². The summed E-state index contributed by atoms with van der Waals surface area (Å²) < 4.78 is 11.2. The van der Waals surface area contributed by atoms with Crippen LogP contribution in [-0.4, -0.2) is 14.2 Å². The van der Waals surface area contributed by atoms with Crippen LogP contribution in [0.1, 0.15) is 23.8 Å². The molecule has 0 saturated carbocycles. The molecule has 2 aromatic rings. The smallest absolute Gasteiger partial charge is 0.137 e. The topological polar surface area (TPSA) is 34.4 Å². The number of ether oxygens (including phenoxy) is 1. The first kappa shape index (κ1) is 12.1. The number of fused-ring (bicyclic) bond motifs is 1. The molecule has 0 atom stereocenters. The van der Waals surface area contributed by atoms with E-state index in [1.165, 1.54) is 10.9 Å². The molecule has 3 nitrogen and oxygen atoms in total. The lowest BCUT2D eigenvalue weighted by molar-refractivity contribution is 0.183. The highest BCUT2D eigenvalue weighted by Crippen LogP contribution is 2.29. The van der Waals surface area contributed by atoms with E-state index in [0.29, 0.717) is 6.61 Å². The molecule has 0 radical (unpaired) electrons. The van der Waals surface area contributed by atoms with Gasteiger partial charge in [0.15, 0.2) is 0 Å². The van der Waals surface area contributed by atoms with E-state index in [0.717, 1.165) is 29.9 Å². The lowest BCUT2D eigenvalue weighted by atomic mass is 10.1. The average Bonchev–Trinajstić information content (AvgIpc) is 2.69. The van der Waals surface area contributed by atoms with Crippen molar-refractivity contribution in [2.24, 2.45) is 0 Å². The van der Waals surface area contributed by atoms with Crippen LogP contribution in [0.2, 0.25) is 0 Å². The Balaban J connectivity index is 2.60. The number of furan rings is 1. The summed E-state index contributed by atoms with van der Waals surface area (Å²) in [6.45, 7) is 3.47. The van der Waals surface area contributed by atoms with E-state index in [2.05, 4.69) is 30.4 Å². The van der Waals surface area contributed by atoms with E-state index in [1.807, 2.05) is 7.05 Å². The highest BCUT2D eigenvalue weighted by Gasteiger charge is 2.15. The fourth-order valence-corrected chi connectivity index (χ4v) is 2.16. The van der Waals surface area contributed by atoms with Crippen molar-refractivity contribution < 1.29 is 9.15 Å². The van der Waals surface area contributed by atoms with Gasteiger partial charge in [-0.05, 0) is 19.0 Å². The van der Waals surface area contributed by atoms with E-state index >= 15 is 0 Å². The van der Waals surface area contributed by atoms with Crippen LogP contribution in [0, 0.1) is 0 Å². The quantitative estimate of drug-likeness (QED) is 0.862. The Morgan fingerprint density at radius 2 is 2.18 bits per heavy atom. The predicted molar refractivity (Wildman–Crippen MR) is 69.1 cm³/mol. The van der Waals surface area contributed by atoms with Crippen LogP contribution in [-0.2, 0) is 24.3 Å². The highest BCUT2D eigenvalue weighted by atomic mass is 16.5. The van der Waals surface area contributed by atoms with Crippen molar-refractivity contribution >= 4 is 11.0 Å². The third kappa shape index (κ3) is 2.21. The number of hydrogen-bond donors (Lipinski definition) is 1. The van der Waals surface area contributed by atoms with Gasteiger partial charge in [0.1, 0.15) is 11.3 Å². The SMILES string of the molecule is CCc1cccc2c(COC)c(CNC)oc12. The summed E-state index contributed by atoms with van der Waals surface area (Å²) >= 11 is 0. The molecule has 1 aromatic carbocycles. The predicted octanol–water partition coefficient (Wildman–Crippen LogP) is 2.86. The first-order valence-corrected chi connectivity index (χ1v) is 5.97. The third-order valence-electron chi connectivity index (χ3n) is 2.99. The Morgan fingerprint density at radius 3 is 2.82 bits per heavy atom. The molecular weight excluding hydrogens is 214 g/mol. The minimum absolute atomic E-state index is 0.594. The van der Waals surface area contributed by atoms with Crippen LogP contribution in [0.5, 0.6) is 0 Å². The van der Waals surface area contributed by atoms with Gasteiger partial charge in [0, 0.05) is 18.1 Å². The Kier molecular flexibility index (Phi) is 3.82. The number of methoxy groups -OCH3 is 1. The van der Waals surface area contributed by atoms with Gasteiger partial charge in [-0.2, -0.15) is 0 Å². The highest BCUT2D eigenvalue weighted by molar-refractivity contribution is 5.85. The van der Waals surface area contributed by atoms with E-state index < -0.39 is 0 Å². The molecule has 0 aliphatic heterocycles. The zero-order valence-electron chi connectivity index (χ0n) is 10.7. The fourth-order valence-electron chi connectivity index (χ4n) is 2.16. The molecule has 0 bridgehead atoms. The Morgan fingerprint density at radius 1 is 1.35 bits per heavy atom. The van der Waals surface area contributed by atoms with Crippen molar-refractivity contribution in [3.05, 3.63) is 35.1 Å². The Hall–Kier alpha value is -1.32. The molecule has 1 N–H and O–H groups in total. The molecule has 1 heterocycles. The molecule has 0 spiro atoms. The fraction of sp³-hybridized carbons (Fsp3) is 0.429. The standard InChI is InChI=1S/C14H19NO2/c1-4-10-6-5-7-11-12(9-16-3)13(8-15-2)17-14(10)11/h5-7,15H,4,8-9H2,1-3H3. The number of para-hydroxylation sites is 1. The van der Waals surface area contributed by atoms with Crippen molar-refractivity contribution in [3.8, 4) is 0 Å². The molecule has 0 aliphatic rings. The van der Waals surface area contributed by atoms with E-state index in [-0.39, 0.29) is 0 Å². The normalized spacial score (nSPS) is 11.2. The van der Waals surface area contributed by atoms with E-state index in [4.69, 9.17) is 9.15 Å². The van der Waals surface area contributed by atoms with Crippen LogP contribution in [0.15, 0.2) is 22.6 Å². The second-order valence-electron chi connectivity index (χ2n) is 4.11. The summed E-state index contributed by atoms with van der Waals surface area (Å²) in [6.07, 6.45) is 0.982. The lowest BCUT2D eigenvalue weighted by Crippen LogP contribution is -2.06. The number of benzene rings is 1. The van der Waals surface area contributed by atoms with Crippen LogP contribution in [0.25, 0.3) is 11.0 Å². The number of rotatable bonds is 5. The maximum Gasteiger partial charge on any atom is 0.137 e. The van der Waals surface area contributed by atoms with Gasteiger partial charge in [0.25, 0.3) is 0 Å². The number of aryl methyl sites for hydroxylation is 1. The van der Waals surface area contributed by atoms with Gasteiger partial charge in [0.2, 0.25) is 0 Å². The maximum atomic E-state index is 5.97. The lowest BCUT2D eigenvalue weighted by Gasteiger charge is -2.00. The van der Waals surface area contributed by atoms with E-state index in [1.54, 1.807) is 7.11 Å². The zero-order chi connectivity index (χ0) is 12.3. The molecule has 0 aliphatic carbocycles. The van der Waals surface area contributed by atoms with Crippen molar-refractivity contribution in [1.29, 1.82) is 0 Å². The van der Waals surface area contributed by atoms with Gasteiger partial charge in [-0.1, -0.05) is 25.1 Å². The van der Waals surface area contributed by atoms with Crippen LogP contribution < -0.4 is 5.32 Å². The van der Waals surface area contributed by atoms with Crippen molar-refractivity contribution in [2.45, 2.75) is 26.5 Å². The monoisotopic (exact) mass is 233 g/mol. The van der Waals surface area contributed by atoms with Gasteiger partial charge in [-0.15, -0.1) is 0 Å². The average molecular weight is 233 g/mol. The molecule has 92 valence electrons. The van der Waals surface area contributed by atoms with Crippen LogP contribution >= 0.6 is 0 Å². The second-order valence-corrected chi connectivity index (χ2v) is 4.11. The van der Waals surface area contributed by atoms with E-state index in [9.17, 15) is 0 Å². The maximum absolute atomic E-state index is 5.97. The summed E-state index contributed by atoms with van der Waals surface area (Å²) in [5.74, 6) is 0.977. The molecular formula is C14H19NO2. The molecule has 0 fully saturated rings. The molecule has 3 heteroatoms. The van der Waals surface area contributed by atoms with Gasteiger partial charge < -0.3 is 14.5 Å². The Bertz CT molecular complexity index is 502. The molecule has 2 rings (SSSR count). The minimum Gasteiger partial charge on any atom is -0.459 e. The number of nitrogens with one attached hydrogen (secondary N) is 1. The largest absolute Gasteiger partial charge is 0.459 e. The summed E-state index contributed by atoms with van der Waals surface area (Å²) in [7, 11) is 3.64. The Labute approximate surface area is 102 Å². The van der Waals surface area contributed by atoms with Crippen LogP contribution in [0.3, 0.4) is 0 Å². The van der Waals surface area contributed by atoms with Gasteiger partial charge in [-0.25, -0.2) is 0 Å². The molecule has 1 aromatic heterocycles. The summed E-state index contributed by atoms with van der Waals surface area (Å²) in [5.41, 5.74) is 3.42. The first-order chi connectivity index (χ1) is 8.31. The third-order valence-corrected chi connectivity index (χ3v) is 2.99. The summed E-state index contributed by atoms with van der Waals surface area (Å²) in [6, 6.07) is 6.30. The van der Waals surface area contributed by atoms with Gasteiger partial charge in [0.05, 0.1) is 13.2 Å². The first-order valence-electron chi connectivity index (χ1n) is 5.97. The molecule has 17 heavy (non-hydrogen) atoms. The van der Waals surface area contributed by atoms with Gasteiger partial charge in [-0.3, -0.25) is 0 Å². The summed E-state index contributed by atoms with van der Waals surface area (Å²) in [5, 5.41) is 4.31. The van der Waals surface area contributed by atoms with Crippen molar-refractivity contribution in [3.63, 3.8) is 0 Å². The second kappa shape index (κ2) is 5.34. The zero-order valence-corrected chi connectivity index (χ0v) is 10.7. The molecule has 0 amide bonds. The minimum atomic E-state index is 0.594. The van der Waals surface area contributed by atoms with Crippen LogP contribution in [0.4, 0.5) is 0 Å². The number of hydrogen-bond acceptors (Lipinski definition) is 3. The molecule has 0 unspecified atom stereocenters.